The topological polar surface area (TPSA) is 68.7 Å². The fraction of sp³-hybridized carbons (Fsp3) is 0.722. The number of hydrogen-bond donors (Lipinski definition) is 0. The summed E-state index contributed by atoms with van der Waals surface area (Å²) >= 11 is 1.36. The summed E-state index contributed by atoms with van der Waals surface area (Å²) in [6, 6.07) is 0. The molecule has 142 valence electrons. The van der Waals surface area contributed by atoms with Crippen LogP contribution in [0.15, 0.2) is 5.38 Å². The van der Waals surface area contributed by atoms with Crippen LogP contribution in [0.3, 0.4) is 0 Å². The van der Waals surface area contributed by atoms with Crippen molar-refractivity contribution < 1.29 is 19.1 Å². The Balaban J connectivity index is 2.50. The van der Waals surface area contributed by atoms with E-state index in [2.05, 4.69) is 16.6 Å². The van der Waals surface area contributed by atoms with E-state index in [1.54, 1.807) is 17.4 Å². The second kappa shape index (κ2) is 12.8. The van der Waals surface area contributed by atoms with Crippen LogP contribution in [0, 0.1) is 0 Å². The molecule has 0 atom stereocenters. The van der Waals surface area contributed by atoms with E-state index in [4.69, 9.17) is 4.74 Å². The lowest BCUT2D eigenvalue weighted by molar-refractivity contribution is -0.132. The van der Waals surface area contributed by atoms with E-state index < -0.39 is 5.97 Å². The van der Waals surface area contributed by atoms with Crippen LogP contribution in [0.2, 0.25) is 0 Å². The molecule has 25 heavy (non-hydrogen) atoms. The van der Waals surface area contributed by atoms with Gasteiger partial charge in [-0.05, 0) is 6.42 Å². The number of hydrogen-bond acceptors (Lipinski definition) is 6. The number of unbranched alkanes of at least 4 members (excludes halogenated alkanes) is 5. The van der Waals surface area contributed by atoms with Crippen LogP contribution in [0.1, 0.15) is 67.4 Å². The van der Waals surface area contributed by atoms with E-state index in [9.17, 15) is 9.59 Å². The maximum atomic E-state index is 12.5. The predicted octanol–water partition coefficient (Wildman–Crippen LogP) is 3.66. The first kappa shape index (κ1) is 21.6. The van der Waals surface area contributed by atoms with E-state index in [1.165, 1.54) is 44.1 Å². The number of esters is 1. The number of ether oxygens (including phenoxy) is 2. The first-order valence-electron chi connectivity index (χ1n) is 8.91. The van der Waals surface area contributed by atoms with Crippen LogP contribution in [-0.4, -0.2) is 49.1 Å². The van der Waals surface area contributed by atoms with Crippen LogP contribution < -0.4 is 0 Å². The average Bonchev–Trinajstić information content (AvgIpc) is 3.09. The number of carbonyl (C=O) groups excluding carboxylic acids is 2. The fourth-order valence-electron chi connectivity index (χ4n) is 2.45. The van der Waals surface area contributed by atoms with Crippen LogP contribution in [0.4, 0.5) is 0 Å². The molecule has 7 heteroatoms. The Bertz CT molecular complexity index is 519. The molecule has 6 nitrogen and oxygen atoms in total. The number of nitrogens with zero attached hydrogens (tertiary/aromatic N) is 2. The Kier molecular flexibility index (Phi) is 11.1. The summed E-state index contributed by atoms with van der Waals surface area (Å²) in [5.41, 5.74) is 0.289. The van der Waals surface area contributed by atoms with Gasteiger partial charge >= 0.3 is 5.97 Å². The Morgan fingerprint density at radius 2 is 1.88 bits per heavy atom. The molecule has 0 saturated carbocycles. The summed E-state index contributed by atoms with van der Waals surface area (Å²) in [7, 11) is 2.95. The second-order valence-corrected chi connectivity index (χ2v) is 6.89. The van der Waals surface area contributed by atoms with Crippen LogP contribution in [-0.2, 0) is 20.8 Å². The highest BCUT2D eigenvalue weighted by Crippen LogP contribution is 2.15. The van der Waals surface area contributed by atoms with Gasteiger partial charge in [0.25, 0.3) is 0 Å². The Hall–Kier alpha value is -1.47. The minimum Gasteiger partial charge on any atom is -0.464 e. The molecule has 0 radical (unpaired) electrons. The van der Waals surface area contributed by atoms with Crippen molar-refractivity contribution in [2.45, 2.75) is 58.4 Å². The molecular weight excluding hydrogens is 340 g/mol. The standard InChI is InChI=1S/C18H30N2O4S/c1-4-5-6-7-8-9-10-17(21)20(11-12-23-2)13-16-19-15(14-25-16)18(22)24-3/h14H,4-13H2,1-3H3. The summed E-state index contributed by atoms with van der Waals surface area (Å²) < 4.78 is 9.77. The van der Waals surface area contributed by atoms with Gasteiger partial charge in [-0.3, -0.25) is 4.79 Å². The van der Waals surface area contributed by atoms with Crippen molar-refractivity contribution in [2.24, 2.45) is 0 Å². The zero-order chi connectivity index (χ0) is 18.5. The molecule has 0 unspecified atom stereocenters. The molecule has 0 spiro atoms. The Morgan fingerprint density at radius 3 is 2.56 bits per heavy atom. The number of rotatable bonds is 13. The van der Waals surface area contributed by atoms with Gasteiger partial charge in [-0.25, -0.2) is 9.78 Å². The zero-order valence-corrected chi connectivity index (χ0v) is 16.4. The van der Waals surface area contributed by atoms with Gasteiger partial charge in [0.2, 0.25) is 5.91 Å². The largest absolute Gasteiger partial charge is 0.464 e. The quantitative estimate of drug-likeness (QED) is 0.391. The molecule has 1 aromatic rings. The molecule has 0 aromatic carbocycles. The third kappa shape index (κ3) is 8.45. The van der Waals surface area contributed by atoms with E-state index >= 15 is 0 Å². The van der Waals surface area contributed by atoms with E-state index in [-0.39, 0.29) is 11.6 Å². The average molecular weight is 371 g/mol. The molecular formula is C18H30N2O4S. The van der Waals surface area contributed by atoms with Gasteiger partial charge in [0.05, 0.1) is 20.3 Å². The molecule has 1 heterocycles. The van der Waals surface area contributed by atoms with Gasteiger partial charge in [0.1, 0.15) is 5.01 Å². The highest BCUT2D eigenvalue weighted by atomic mass is 32.1. The van der Waals surface area contributed by atoms with E-state index in [0.717, 1.165) is 17.8 Å². The minimum atomic E-state index is -0.454. The molecule has 1 amide bonds. The number of aromatic nitrogens is 1. The highest BCUT2D eigenvalue weighted by molar-refractivity contribution is 7.09. The predicted molar refractivity (Wildman–Crippen MR) is 98.7 cm³/mol. The summed E-state index contributed by atoms with van der Waals surface area (Å²) in [6.07, 6.45) is 7.48. The lowest BCUT2D eigenvalue weighted by Gasteiger charge is -2.21. The van der Waals surface area contributed by atoms with Crippen molar-refractivity contribution >= 4 is 23.2 Å². The molecule has 0 saturated heterocycles. The molecule has 0 aliphatic carbocycles. The smallest absolute Gasteiger partial charge is 0.357 e. The van der Waals surface area contributed by atoms with Crippen LogP contribution >= 0.6 is 11.3 Å². The molecule has 0 N–H and O–H groups in total. The van der Waals surface area contributed by atoms with Gasteiger partial charge in [-0.2, -0.15) is 0 Å². The van der Waals surface area contributed by atoms with Crippen molar-refractivity contribution in [1.29, 1.82) is 0 Å². The summed E-state index contributed by atoms with van der Waals surface area (Å²) in [5.74, 6) is -0.341. The van der Waals surface area contributed by atoms with E-state index in [1.807, 2.05) is 0 Å². The summed E-state index contributed by atoms with van der Waals surface area (Å²) in [5, 5.41) is 2.39. The minimum absolute atomic E-state index is 0.113. The number of amides is 1. The zero-order valence-electron chi connectivity index (χ0n) is 15.6. The fourth-order valence-corrected chi connectivity index (χ4v) is 3.23. The molecule has 1 aromatic heterocycles. The maximum Gasteiger partial charge on any atom is 0.357 e. The molecule has 1 rings (SSSR count). The van der Waals surface area contributed by atoms with Gasteiger partial charge in [-0.1, -0.05) is 39.0 Å². The first-order valence-corrected chi connectivity index (χ1v) is 9.79. The van der Waals surface area contributed by atoms with E-state index in [0.29, 0.717) is 26.1 Å². The van der Waals surface area contributed by atoms with Gasteiger partial charge in [-0.15, -0.1) is 11.3 Å². The van der Waals surface area contributed by atoms with Crippen molar-refractivity contribution in [3.63, 3.8) is 0 Å². The van der Waals surface area contributed by atoms with Crippen LogP contribution in [0.5, 0.6) is 0 Å². The van der Waals surface area contributed by atoms with Crippen molar-refractivity contribution in [3.8, 4) is 0 Å². The lowest BCUT2D eigenvalue weighted by atomic mass is 10.1. The normalized spacial score (nSPS) is 10.7. The lowest BCUT2D eigenvalue weighted by Crippen LogP contribution is -2.33. The Labute approximate surface area is 154 Å². The van der Waals surface area contributed by atoms with Gasteiger partial charge < -0.3 is 14.4 Å². The Morgan fingerprint density at radius 1 is 1.16 bits per heavy atom. The SMILES string of the molecule is CCCCCCCCC(=O)N(CCOC)Cc1nc(C(=O)OC)cs1. The number of carbonyl (C=O) groups is 2. The molecule has 0 aliphatic rings. The molecule has 0 aliphatic heterocycles. The highest BCUT2D eigenvalue weighted by Gasteiger charge is 2.17. The summed E-state index contributed by atoms with van der Waals surface area (Å²) in [6.45, 7) is 3.61. The number of thiazole rings is 1. The third-order valence-corrected chi connectivity index (χ3v) is 4.77. The van der Waals surface area contributed by atoms with Crippen molar-refractivity contribution in [2.75, 3.05) is 27.4 Å². The summed E-state index contributed by atoms with van der Waals surface area (Å²) in [4.78, 5) is 30.0. The second-order valence-electron chi connectivity index (χ2n) is 5.94. The first-order chi connectivity index (χ1) is 12.1. The van der Waals surface area contributed by atoms with Gasteiger partial charge in [0, 0.05) is 25.5 Å². The van der Waals surface area contributed by atoms with Crippen LogP contribution in [0.25, 0.3) is 0 Å². The molecule has 0 fully saturated rings. The number of methoxy groups -OCH3 is 2. The van der Waals surface area contributed by atoms with Crippen molar-refractivity contribution in [3.05, 3.63) is 16.1 Å². The van der Waals surface area contributed by atoms with Gasteiger partial charge in [0.15, 0.2) is 5.69 Å². The maximum absolute atomic E-state index is 12.5. The third-order valence-electron chi connectivity index (χ3n) is 3.93. The molecule has 0 bridgehead atoms. The van der Waals surface area contributed by atoms with Crippen molar-refractivity contribution in [1.82, 2.24) is 9.88 Å². The monoisotopic (exact) mass is 370 g/mol.